The third-order valence-corrected chi connectivity index (χ3v) is 11.9. The molecule has 0 atom stereocenters. The van der Waals surface area contributed by atoms with Gasteiger partial charge in [0.25, 0.3) is 36.3 Å². The van der Waals surface area contributed by atoms with Crippen molar-refractivity contribution in [3.8, 4) is 5.75 Å². The first kappa shape index (κ1) is 43.1. The molecule has 0 saturated carbocycles. The summed E-state index contributed by atoms with van der Waals surface area (Å²) in [6, 6.07) is 6.38. The average Bonchev–Trinajstić information content (AvgIpc) is 3.81. The van der Waals surface area contributed by atoms with Crippen molar-refractivity contribution in [2.45, 2.75) is 73.5 Å². The molecule has 1 amide bonds. The van der Waals surface area contributed by atoms with E-state index in [-0.39, 0.29) is 50.2 Å². The number of amides is 1. The Kier molecular flexibility index (Phi) is 12.1. The normalized spacial score (nSPS) is 12.8. The molecule has 0 aliphatic carbocycles. The predicted octanol–water partition coefficient (Wildman–Crippen LogP) is 3.55. The monoisotopic (exact) mass is 873 g/mol. The fourth-order valence-electron chi connectivity index (χ4n) is 6.59. The van der Waals surface area contributed by atoms with Crippen LogP contribution in [0.2, 0.25) is 0 Å². The topological polar surface area (TPSA) is 315 Å². The van der Waals surface area contributed by atoms with Crippen LogP contribution in [-0.4, -0.2) is 106 Å². The summed E-state index contributed by atoms with van der Waals surface area (Å²) in [5.74, 6) is -0.841. The van der Waals surface area contributed by atoms with E-state index in [1.807, 2.05) is 27.0 Å². The van der Waals surface area contributed by atoms with Crippen molar-refractivity contribution in [1.82, 2.24) is 40.2 Å². The Bertz CT molecular complexity index is 2890. The molecule has 0 aliphatic heterocycles. The number of carbonyl (C=O) groups excluding carboxylic acids is 1. The lowest BCUT2D eigenvalue weighted by Gasteiger charge is -2.20. The molecule has 314 valence electrons. The molecule has 0 saturated heterocycles. The molecule has 2 heterocycles. The van der Waals surface area contributed by atoms with Crippen LogP contribution in [0.5, 0.6) is 5.75 Å². The van der Waals surface area contributed by atoms with Gasteiger partial charge < -0.3 is 10.1 Å². The van der Waals surface area contributed by atoms with E-state index in [1.165, 1.54) is 12.1 Å². The minimum Gasteiger partial charge on any atom is -0.483 e. The van der Waals surface area contributed by atoms with Gasteiger partial charge in [-0.25, -0.2) is 4.68 Å². The number of aromatic nitrogens is 6. The van der Waals surface area contributed by atoms with Crippen LogP contribution in [0.1, 0.15) is 45.0 Å². The first-order chi connectivity index (χ1) is 27.6. The first-order valence-electron chi connectivity index (χ1n) is 17.8. The fourth-order valence-corrected chi connectivity index (χ4v) is 8.80. The maximum atomic E-state index is 12.9. The van der Waals surface area contributed by atoms with Crippen molar-refractivity contribution in [3.63, 3.8) is 0 Å². The second-order valence-corrected chi connectivity index (χ2v) is 18.7. The summed E-state index contributed by atoms with van der Waals surface area (Å²) in [7, 11) is -15.2. The Labute approximate surface area is 337 Å². The van der Waals surface area contributed by atoms with Crippen LogP contribution in [-0.2, 0) is 60.3 Å². The van der Waals surface area contributed by atoms with Crippen molar-refractivity contribution >= 4 is 68.6 Å². The number of azide groups is 1. The number of nitrogens with zero attached hydrogens (tertiary/aromatic N) is 10. The summed E-state index contributed by atoms with van der Waals surface area (Å²) in [6.07, 6.45) is 4.70. The lowest BCUT2D eigenvalue weighted by molar-refractivity contribution is -0.123. The van der Waals surface area contributed by atoms with Crippen molar-refractivity contribution in [2.75, 3.05) is 26.2 Å². The molecule has 59 heavy (non-hydrogen) atoms. The van der Waals surface area contributed by atoms with Crippen LogP contribution in [0.15, 0.2) is 68.6 Å². The number of ether oxygens (including phenoxy) is 1. The van der Waals surface area contributed by atoms with Gasteiger partial charge in [0, 0.05) is 82.2 Å². The third-order valence-electron chi connectivity index (χ3n) is 9.21. The molecule has 0 bridgehead atoms. The van der Waals surface area contributed by atoms with Gasteiger partial charge in [0.15, 0.2) is 6.61 Å². The molecular weight excluding hydrogens is 835 g/mol. The number of rotatable bonds is 18. The Morgan fingerprint density at radius 1 is 0.831 bits per heavy atom. The highest BCUT2D eigenvalue weighted by Gasteiger charge is 2.28. The second kappa shape index (κ2) is 16.6. The van der Waals surface area contributed by atoms with Crippen LogP contribution in [0, 0.1) is 0 Å². The number of aryl methyl sites for hydroxylation is 1. The largest absolute Gasteiger partial charge is 0.483 e. The molecule has 25 heteroatoms. The third kappa shape index (κ3) is 9.85. The maximum absolute atomic E-state index is 12.9. The summed E-state index contributed by atoms with van der Waals surface area (Å²) >= 11 is 0. The van der Waals surface area contributed by atoms with Gasteiger partial charge in [-0.3, -0.25) is 28.0 Å². The van der Waals surface area contributed by atoms with Crippen LogP contribution < -0.4 is 10.1 Å². The Hall–Kier alpha value is -5.53. The summed E-state index contributed by atoms with van der Waals surface area (Å²) in [5, 5.41) is 22.5. The van der Waals surface area contributed by atoms with Crippen LogP contribution >= 0.6 is 0 Å². The minimum atomic E-state index is -5.09. The van der Waals surface area contributed by atoms with E-state index < -0.39 is 57.6 Å². The van der Waals surface area contributed by atoms with Crippen LogP contribution in [0.25, 0.3) is 42.8 Å². The zero-order valence-corrected chi connectivity index (χ0v) is 34.2. The van der Waals surface area contributed by atoms with Gasteiger partial charge in [0.2, 0.25) is 0 Å². The molecule has 0 spiro atoms. The average molecular weight is 874 g/mol. The lowest BCUT2D eigenvalue weighted by atomic mass is 9.93. The fraction of sp³-hybridized carbons (Fsp3) is 0.382. The Morgan fingerprint density at radius 2 is 1.37 bits per heavy atom. The maximum Gasteiger partial charge on any atom is 0.295 e. The van der Waals surface area contributed by atoms with E-state index in [0.29, 0.717) is 57.3 Å². The van der Waals surface area contributed by atoms with E-state index in [0.717, 1.165) is 23.9 Å². The van der Waals surface area contributed by atoms with Crippen LogP contribution in [0.3, 0.4) is 0 Å². The van der Waals surface area contributed by atoms with Crippen molar-refractivity contribution < 1.29 is 48.4 Å². The van der Waals surface area contributed by atoms with E-state index in [4.69, 9.17) is 10.3 Å². The molecule has 4 aromatic carbocycles. The van der Waals surface area contributed by atoms with E-state index in [1.54, 1.807) is 15.6 Å². The first-order valence-corrected chi connectivity index (χ1v) is 22.1. The number of benzene rings is 4. The number of hydrogen-bond donors (Lipinski definition) is 4. The molecule has 0 fully saturated rings. The number of hydrogen-bond acceptors (Lipinski definition) is 14. The van der Waals surface area contributed by atoms with Gasteiger partial charge >= 0.3 is 0 Å². The SMILES string of the molecule is CC(C)(C)n1cc(CN(CCCN=[N+]=[N-])Cc2cn(CCCNC(=O)COc3cc(S(=O)(=O)O)c4ccc5c(S(=O)(=O)O)cc(S(=O)(=O)O)c6ccc3c4c65)nn2)nn1. The highest BCUT2D eigenvalue weighted by atomic mass is 32.2. The molecular formula is C34H39N11O11S3. The van der Waals surface area contributed by atoms with Gasteiger partial charge in [0.1, 0.15) is 20.4 Å². The molecule has 22 nitrogen and oxygen atoms in total. The minimum absolute atomic E-state index is 0.0854. The Balaban J connectivity index is 1.13. The van der Waals surface area contributed by atoms with Gasteiger partial charge in [-0.15, -0.1) is 10.2 Å². The van der Waals surface area contributed by atoms with Crippen molar-refractivity contribution in [1.29, 1.82) is 0 Å². The van der Waals surface area contributed by atoms with Gasteiger partial charge in [-0.05, 0) is 57.8 Å². The predicted molar refractivity (Wildman–Crippen MR) is 210 cm³/mol. The van der Waals surface area contributed by atoms with Gasteiger partial charge in [-0.2, -0.15) is 25.3 Å². The van der Waals surface area contributed by atoms with Gasteiger partial charge in [0.05, 0.1) is 23.1 Å². The van der Waals surface area contributed by atoms with Crippen molar-refractivity contribution in [3.05, 3.63) is 70.6 Å². The summed E-state index contributed by atoms with van der Waals surface area (Å²) in [5.41, 5.74) is 9.85. The highest BCUT2D eigenvalue weighted by Crippen LogP contribution is 2.45. The smallest absolute Gasteiger partial charge is 0.295 e. The molecule has 0 radical (unpaired) electrons. The standard InChI is InChI=1S/C34H39N11O11S3/c1-34(2,3)45-19-22(39-42-45)17-43(12-5-11-37-40-35)16-21-18-44(41-38-21)13-4-10-36-31(46)20-56-27-14-28(57(47,48)49)24-8-9-26-30(59(53,54)55)15-29(58(50,51)52)25-7-6-23(27)32(24)33(25)26/h6-9,14-15,18-19H,4-5,10-13,16-17,20H2,1-3H3,(H,36,46)(H,47,48,49)(H,50,51,52)(H,53,54,55). The highest BCUT2D eigenvalue weighted by molar-refractivity contribution is 7.87. The zero-order valence-electron chi connectivity index (χ0n) is 31.8. The molecule has 0 aliphatic rings. The zero-order chi connectivity index (χ0) is 42.9. The van der Waals surface area contributed by atoms with E-state index in [2.05, 4.69) is 40.9 Å². The number of nitrogens with one attached hydrogen (secondary N) is 1. The number of carbonyl (C=O) groups is 1. The molecule has 4 N–H and O–H groups in total. The summed E-state index contributed by atoms with van der Waals surface area (Å²) in [4.78, 5) is 15.3. The quantitative estimate of drug-likeness (QED) is 0.0240. The summed E-state index contributed by atoms with van der Waals surface area (Å²) < 4.78 is 114. The molecule has 0 unspecified atom stereocenters. The van der Waals surface area contributed by atoms with E-state index >= 15 is 0 Å². The Morgan fingerprint density at radius 3 is 1.93 bits per heavy atom. The van der Waals surface area contributed by atoms with Gasteiger partial charge in [-0.1, -0.05) is 33.7 Å². The molecule has 6 aromatic rings. The van der Waals surface area contributed by atoms with Crippen molar-refractivity contribution in [2.24, 2.45) is 5.11 Å². The second-order valence-electron chi connectivity index (χ2n) is 14.6. The molecule has 6 rings (SSSR count). The summed E-state index contributed by atoms with van der Waals surface area (Å²) in [6.45, 7) is 7.82. The molecule has 2 aromatic heterocycles. The van der Waals surface area contributed by atoms with Crippen LogP contribution in [0.4, 0.5) is 0 Å². The van der Waals surface area contributed by atoms with E-state index in [9.17, 15) is 43.7 Å². The lowest BCUT2D eigenvalue weighted by Crippen LogP contribution is -2.30.